The minimum atomic E-state index is -0.602. The molecule has 0 bridgehead atoms. The average molecular weight is 410 g/mol. The molecule has 1 saturated heterocycles. The number of aryl methyl sites for hydroxylation is 3. The number of hydrogen-bond donors (Lipinski definition) is 1. The number of nitrogens with one attached hydrogen (secondary N) is 1. The van der Waals surface area contributed by atoms with Gasteiger partial charge in [-0.2, -0.15) is 0 Å². The van der Waals surface area contributed by atoms with E-state index < -0.39 is 24.4 Å². The molecule has 1 heterocycles. The van der Waals surface area contributed by atoms with Crippen molar-refractivity contribution in [2.24, 2.45) is 5.92 Å². The molecule has 2 aromatic carbocycles. The van der Waals surface area contributed by atoms with Gasteiger partial charge in [-0.15, -0.1) is 0 Å². The Balaban J connectivity index is 1.55. The fraction of sp³-hybridized carbons (Fsp3) is 0.348. The van der Waals surface area contributed by atoms with Crippen molar-refractivity contribution in [2.45, 2.75) is 27.2 Å². The number of ether oxygens (including phenoxy) is 2. The Labute approximate surface area is 176 Å². The lowest BCUT2D eigenvalue weighted by molar-refractivity contribution is -0.151. The van der Waals surface area contributed by atoms with Gasteiger partial charge in [-0.3, -0.25) is 14.4 Å². The van der Waals surface area contributed by atoms with Gasteiger partial charge in [0.05, 0.1) is 13.0 Å². The summed E-state index contributed by atoms with van der Waals surface area (Å²) in [5, 5.41) is 2.80. The maximum Gasteiger partial charge on any atom is 0.311 e. The summed E-state index contributed by atoms with van der Waals surface area (Å²) in [7, 11) is 1.57. The molecule has 2 aromatic rings. The minimum absolute atomic E-state index is 0.0582. The third-order valence-corrected chi connectivity index (χ3v) is 5.13. The quantitative estimate of drug-likeness (QED) is 0.740. The molecule has 0 unspecified atom stereocenters. The summed E-state index contributed by atoms with van der Waals surface area (Å²) in [4.78, 5) is 38.5. The number of carbonyl (C=O) groups excluding carboxylic acids is 3. The Kier molecular flexibility index (Phi) is 6.40. The van der Waals surface area contributed by atoms with Crippen molar-refractivity contribution < 1.29 is 23.9 Å². The second-order valence-electron chi connectivity index (χ2n) is 7.53. The summed E-state index contributed by atoms with van der Waals surface area (Å²) in [6.07, 6.45) is 0.0582. The lowest BCUT2D eigenvalue weighted by atomic mass is 10.1. The molecule has 1 aliphatic rings. The Bertz CT molecular complexity index is 945. The third-order valence-electron chi connectivity index (χ3n) is 5.13. The van der Waals surface area contributed by atoms with Crippen LogP contribution in [-0.2, 0) is 19.1 Å². The van der Waals surface area contributed by atoms with E-state index in [4.69, 9.17) is 9.47 Å². The molecule has 0 saturated carbocycles. The number of rotatable bonds is 6. The highest BCUT2D eigenvalue weighted by Gasteiger charge is 2.36. The van der Waals surface area contributed by atoms with Gasteiger partial charge < -0.3 is 19.7 Å². The van der Waals surface area contributed by atoms with Crippen LogP contribution >= 0.6 is 0 Å². The molecular weight excluding hydrogens is 384 g/mol. The van der Waals surface area contributed by atoms with Crippen molar-refractivity contribution >= 4 is 29.2 Å². The van der Waals surface area contributed by atoms with E-state index >= 15 is 0 Å². The van der Waals surface area contributed by atoms with E-state index in [9.17, 15) is 14.4 Å². The highest BCUT2D eigenvalue weighted by molar-refractivity contribution is 6.00. The molecule has 2 amide bonds. The minimum Gasteiger partial charge on any atom is -0.497 e. The number of methoxy groups -OCH3 is 1. The first kappa shape index (κ1) is 21.4. The first-order valence-corrected chi connectivity index (χ1v) is 9.77. The zero-order chi connectivity index (χ0) is 21.8. The first-order chi connectivity index (χ1) is 14.3. The monoisotopic (exact) mass is 410 g/mol. The Morgan fingerprint density at radius 1 is 1.10 bits per heavy atom. The summed E-state index contributed by atoms with van der Waals surface area (Å²) < 4.78 is 10.3. The molecular formula is C23H26N2O5. The Morgan fingerprint density at radius 3 is 2.33 bits per heavy atom. The normalized spacial score (nSPS) is 15.8. The highest BCUT2D eigenvalue weighted by atomic mass is 16.5. The molecule has 3 rings (SSSR count). The van der Waals surface area contributed by atoms with Crippen LogP contribution < -0.4 is 15.0 Å². The largest absolute Gasteiger partial charge is 0.497 e. The molecule has 1 aliphatic heterocycles. The van der Waals surface area contributed by atoms with E-state index in [-0.39, 0.29) is 18.9 Å². The number of amides is 2. The van der Waals surface area contributed by atoms with Gasteiger partial charge in [0.1, 0.15) is 5.75 Å². The standard InChI is InChI=1S/C23H26N2O5/c1-14-9-15(2)22(16(3)10-14)24-20(26)13-30-23(28)17-11-21(27)25(12-17)18-5-7-19(29-4)8-6-18/h5-10,17H,11-13H2,1-4H3,(H,24,26)/t17-/m1/s1. The molecule has 1 N–H and O–H groups in total. The Hall–Kier alpha value is -3.35. The van der Waals surface area contributed by atoms with Gasteiger partial charge in [-0.1, -0.05) is 17.7 Å². The molecule has 1 atom stereocenters. The molecule has 158 valence electrons. The fourth-order valence-electron chi connectivity index (χ4n) is 3.68. The van der Waals surface area contributed by atoms with Crippen LogP contribution in [0.5, 0.6) is 5.75 Å². The van der Waals surface area contributed by atoms with Gasteiger partial charge in [0, 0.05) is 24.3 Å². The third kappa shape index (κ3) is 4.79. The summed E-state index contributed by atoms with van der Waals surface area (Å²) in [5.41, 5.74) is 4.43. The lowest BCUT2D eigenvalue weighted by Gasteiger charge is -2.17. The Morgan fingerprint density at radius 2 is 1.73 bits per heavy atom. The maximum absolute atomic E-state index is 12.4. The number of carbonyl (C=O) groups is 3. The van der Waals surface area contributed by atoms with Gasteiger partial charge in [-0.05, 0) is 56.2 Å². The van der Waals surface area contributed by atoms with E-state index in [1.54, 1.807) is 36.3 Å². The van der Waals surface area contributed by atoms with Crippen molar-refractivity contribution in [1.82, 2.24) is 0 Å². The van der Waals surface area contributed by atoms with E-state index in [1.807, 2.05) is 32.9 Å². The molecule has 7 nitrogen and oxygen atoms in total. The van der Waals surface area contributed by atoms with Crippen molar-refractivity contribution in [3.05, 3.63) is 53.1 Å². The lowest BCUT2D eigenvalue weighted by Crippen LogP contribution is -2.28. The molecule has 1 fully saturated rings. The van der Waals surface area contributed by atoms with Crippen LogP contribution in [0.2, 0.25) is 0 Å². The van der Waals surface area contributed by atoms with E-state index in [1.165, 1.54) is 0 Å². The average Bonchev–Trinajstić information content (AvgIpc) is 3.10. The molecule has 0 aromatic heterocycles. The predicted octanol–water partition coefficient (Wildman–Crippen LogP) is 3.16. The number of anilines is 2. The van der Waals surface area contributed by atoms with Crippen LogP contribution in [0, 0.1) is 26.7 Å². The number of benzene rings is 2. The van der Waals surface area contributed by atoms with Crippen LogP contribution in [0.25, 0.3) is 0 Å². The predicted molar refractivity (Wildman–Crippen MR) is 114 cm³/mol. The summed E-state index contributed by atoms with van der Waals surface area (Å²) in [5.74, 6) is -1.03. The van der Waals surface area contributed by atoms with Crippen LogP contribution in [0.4, 0.5) is 11.4 Å². The van der Waals surface area contributed by atoms with Crippen molar-refractivity contribution in [3.8, 4) is 5.75 Å². The zero-order valence-electron chi connectivity index (χ0n) is 17.7. The number of nitrogens with zero attached hydrogens (tertiary/aromatic N) is 1. The van der Waals surface area contributed by atoms with Gasteiger partial charge >= 0.3 is 5.97 Å². The van der Waals surface area contributed by atoms with Crippen LogP contribution in [0.1, 0.15) is 23.1 Å². The van der Waals surface area contributed by atoms with Gasteiger partial charge in [0.25, 0.3) is 5.91 Å². The maximum atomic E-state index is 12.4. The highest BCUT2D eigenvalue weighted by Crippen LogP contribution is 2.27. The molecule has 0 radical (unpaired) electrons. The van der Waals surface area contributed by atoms with Crippen LogP contribution in [-0.4, -0.2) is 38.0 Å². The second kappa shape index (κ2) is 8.98. The number of esters is 1. The van der Waals surface area contributed by atoms with Crippen molar-refractivity contribution in [2.75, 3.05) is 30.5 Å². The second-order valence-corrected chi connectivity index (χ2v) is 7.53. The summed E-state index contributed by atoms with van der Waals surface area (Å²) in [6.45, 7) is 5.66. The van der Waals surface area contributed by atoms with Crippen LogP contribution in [0.3, 0.4) is 0 Å². The summed E-state index contributed by atoms with van der Waals surface area (Å²) in [6, 6.07) is 11.0. The van der Waals surface area contributed by atoms with Gasteiger partial charge in [0.15, 0.2) is 6.61 Å². The zero-order valence-corrected chi connectivity index (χ0v) is 17.7. The fourth-order valence-corrected chi connectivity index (χ4v) is 3.68. The first-order valence-electron chi connectivity index (χ1n) is 9.77. The smallest absolute Gasteiger partial charge is 0.311 e. The number of hydrogen-bond acceptors (Lipinski definition) is 5. The SMILES string of the molecule is COc1ccc(N2C[C@H](C(=O)OCC(=O)Nc3c(C)cc(C)cc3C)CC2=O)cc1. The van der Waals surface area contributed by atoms with Crippen molar-refractivity contribution in [1.29, 1.82) is 0 Å². The van der Waals surface area contributed by atoms with Gasteiger partial charge in [0.2, 0.25) is 5.91 Å². The van der Waals surface area contributed by atoms with Crippen LogP contribution in [0.15, 0.2) is 36.4 Å². The molecule has 7 heteroatoms. The molecule has 0 aliphatic carbocycles. The van der Waals surface area contributed by atoms with Crippen molar-refractivity contribution in [3.63, 3.8) is 0 Å². The summed E-state index contributed by atoms with van der Waals surface area (Å²) >= 11 is 0. The van der Waals surface area contributed by atoms with E-state index in [2.05, 4.69) is 5.32 Å². The van der Waals surface area contributed by atoms with E-state index in [0.29, 0.717) is 11.4 Å². The molecule has 30 heavy (non-hydrogen) atoms. The van der Waals surface area contributed by atoms with E-state index in [0.717, 1.165) is 22.4 Å². The van der Waals surface area contributed by atoms with Gasteiger partial charge in [-0.25, -0.2) is 0 Å². The topological polar surface area (TPSA) is 84.9 Å². The molecule has 0 spiro atoms.